The van der Waals surface area contributed by atoms with Gasteiger partial charge < -0.3 is 5.73 Å². The van der Waals surface area contributed by atoms with Crippen LogP contribution in [0.1, 0.15) is 26.7 Å². The zero-order valence-corrected chi connectivity index (χ0v) is 10.7. The molecule has 17 heavy (non-hydrogen) atoms. The first kappa shape index (κ1) is 16.7. The molecule has 0 saturated heterocycles. The van der Waals surface area contributed by atoms with Crippen LogP contribution in [0.2, 0.25) is 0 Å². The molecule has 0 heterocycles. The third kappa shape index (κ3) is 9.37. The van der Waals surface area contributed by atoms with Crippen LogP contribution >= 0.6 is 0 Å². The molecule has 0 saturated carbocycles. The maximum absolute atomic E-state index is 11.8. The van der Waals surface area contributed by atoms with Crippen LogP contribution in [0.5, 0.6) is 0 Å². The zero-order chi connectivity index (χ0) is 13.7. The molecule has 104 valence electrons. The molecule has 0 amide bonds. The van der Waals surface area contributed by atoms with Crippen molar-refractivity contribution in [2.24, 2.45) is 11.7 Å². The van der Waals surface area contributed by atoms with Crippen LogP contribution in [0.4, 0.5) is 13.2 Å². The Kier molecular flexibility index (Phi) is 6.42. The van der Waals surface area contributed by atoms with E-state index >= 15 is 0 Å². The summed E-state index contributed by atoms with van der Waals surface area (Å²) in [7, 11) is -3.66. The van der Waals surface area contributed by atoms with E-state index < -0.39 is 34.8 Å². The van der Waals surface area contributed by atoms with Crippen LogP contribution in [-0.4, -0.2) is 32.9 Å². The van der Waals surface area contributed by atoms with Crippen molar-refractivity contribution in [1.29, 1.82) is 0 Å². The summed E-state index contributed by atoms with van der Waals surface area (Å²) in [4.78, 5) is 0. The summed E-state index contributed by atoms with van der Waals surface area (Å²) in [6, 6.07) is -0.340. The lowest BCUT2D eigenvalue weighted by Crippen LogP contribution is -2.41. The van der Waals surface area contributed by atoms with Crippen molar-refractivity contribution in [3.63, 3.8) is 0 Å². The van der Waals surface area contributed by atoms with E-state index in [0.717, 1.165) is 0 Å². The van der Waals surface area contributed by atoms with E-state index in [0.29, 0.717) is 0 Å². The van der Waals surface area contributed by atoms with Gasteiger partial charge >= 0.3 is 6.18 Å². The van der Waals surface area contributed by atoms with E-state index in [-0.39, 0.29) is 18.5 Å². The highest BCUT2D eigenvalue weighted by molar-refractivity contribution is 7.89. The molecular formula is C9H19F3N2O2S. The number of halogens is 3. The summed E-state index contributed by atoms with van der Waals surface area (Å²) in [5.74, 6) is -0.426. The maximum atomic E-state index is 11.8. The van der Waals surface area contributed by atoms with E-state index in [4.69, 9.17) is 5.73 Å². The lowest BCUT2D eigenvalue weighted by molar-refractivity contribution is -0.134. The Morgan fingerprint density at radius 2 is 1.82 bits per heavy atom. The summed E-state index contributed by atoms with van der Waals surface area (Å²) in [6.45, 7) is 3.72. The van der Waals surface area contributed by atoms with Crippen molar-refractivity contribution >= 4 is 10.0 Å². The van der Waals surface area contributed by atoms with E-state index in [1.807, 2.05) is 13.8 Å². The monoisotopic (exact) mass is 276 g/mol. The first-order valence-corrected chi connectivity index (χ1v) is 6.98. The number of alkyl halides is 3. The number of hydrogen-bond acceptors (Lipinski definition) is 3. The molecule has 1 unspecified atom stereocenters. The molecule has 0 fully saturated rings. The number of rotatable bonds is 7. The lowest BCUT2D eigenvalue weighted by atomic mass is 10.1. The lowest BCUT2D eigenvalue weighted by Gasteiger charge is -2.16. The van der Waals surface area contributed by atoms with Gasteiger partial charge in [-0.1, -0.05) is 13.8 Å². The fourth-order valence-corrected chi connectivity index (χ4v) is 2.11. The van der Waals surface area contributed by atoms with Crippen LogP contribution in [0.3, 0.4) is 0 Å². The quantitative estimate of drug-likeness (QED) is 0.734. The van der Waals surface area contributed by atoms with Gasteiger partial charge in [0.1, 0.15) is 0 Å². The highest BCUT2D eigenvalue weighted by atomic mass is 32.2. The van der Waals surface area contributed by atoms with Gasteiger partial charge in [0.2, 0.25) is 10.0 Å². The van der Waals surface area contributed by atoms with Crippen molar-refractivity contribution in [3.05, 3.63) is 0 Å². The van der Waals surface area contributed by atoms with Gasteiger partial charge in [0.05, 0.1) is 5.75 Å². The molecule has 0 rings (SSSR count). The Balaban J connectivity index is 3.97. The molecule has 0 aromatic rings. The summed E-state index contributed by atoms with van der Waals surface area (Å²) in [5, 5.41) is 0. The Hall–Kier alpha value is -0.340. The standard InChI is InChI=1S/C9H19F3N2O2S/c1-7(2)8(13)6-14-17(15,16)5-3-4-9(10,11)12/h7-8,14H,3-6,13H2,1-2H3. The van der Waals surface area contributed by atoms with Crippen molar-refractivity contribution in [1.82, 2.24) is 4.72 Å². The fraction of sp³-hybridized carbons (Fsp3) is 1.00. The largest absolute Gasteiger partial charge is 0.389 e. The van der Waals surface area contributed by atoms with Crippen LogP contribution in [0.25, 0.3) is 0 Å². The summed E-state index contributed by atoms with van der Waals surface area (Å²) < 4.78 is 60.3. The van der Waals surface area contributed by atoms with Crippen molar-refractivity contribution in [3.8, 4) is 0 Å². The average Bonchev–Trinajstić information content (AvgIpc) is 2.11. The SMILES string of the molecule is CC(C)C(N)CNS(=O)(=O)CCCC(F)(F)F. The van der Waals surface area contributed by atoms with Gasteiger partial charge in [-0.05, 0) is 12.3 Å². The summed E-state index contributed by atoms with van der Waals surface area (Å²) >= 11 is 0. The second kappa shape index (κ2) is 6.55. The van der Waals surface area contributed by atoms with Crippen molar-refractivity contribution in [2.75, 3.05) is 12.3 Å². The van der Waals surface area contributed by atoms with Gasteiger partial charge in [-0.25, -0.2) is 13.1 Å². The molecule has 0 spiro atoms. The Morgan fingerprint density at radius 1 is 1.29 bits per heavy atom. The predicted octanol–water partition coefficient (Wildman–Crippen LogP) is 1.23. The Labute approximate surface area is 99.8 Å². The number of nitrogens with two attached hydrogens (primary N) is 1. The summed E-state index contributed by atoms with van der Waals surface area (Å²) in [5.41, 5.74) is 5.61. The molecule has 0 aliphatic carbocycles. The number of sulfonamides is 1. The topological polar surface area (TPSA) is 72.2 Å². The third-order valence-corrected chi connectivity index (χ3v) is 3.70. The molecule has 0 bridgehead atoms. The molecule has 0 radical (unpaired) electrons. The molecular weight excluding hydrogens is 257 g/mol. The molecule has 4 nitrogen and oxygen atoms in total. The third-order valence-electron chi connectivity index (χ3n) is 2.27. The smallest absolute Gasteiger partial charge is 0.326 e. The molecule has 3 N–H and O–H groups in total. The van der Waals surface area contributed by atoms with E-state index in [9.17, 15) is 21.6 Å². The zero-order valence-electron chi connectivity index (χ0n) is 9.92. The predicted molar refractivity (Wildman–Crippen MR) is 59.9 cm³/mol. The van der Waals surface area contributed by atoms with E-state index in [2.05, 4.69) is 4.72 Å². The second-order valence-electron chi connectivity index (χ2n) is 4.29. The molecule has 1 atom stereocenters. The normalized spacial score (nSPS) is 15.2. The van der Waals surface area contributed by atoms with Gasteiger partial charge in [-0.15, -0.1) is 0 Å². The minimum Gasteiger partial charge on any atom is -0.326 e. The van der Waals surface area contributed by atoms with Crippen LogP contribution in [-0.2, 0) is 10.0 Å². The van der Waals surface area contributed by atoms with Gasteiger partial charge in [-0.3, -0.25) is 0 Å². The highest BCUT2D eigenvalue weighted by Gasteiger charge is 2.27. The maximum Gasteiger partial charge on any atom is 0.389 e. The van der Waals surface area contributed by atoms with Crippen LogP contribution in [0.15, 0.2) is 0 Å². The van der Waals surface area contributed by atoms with Crippen LogP contribution < -0.4 is 10.5 Å². The Morgan fingerprint density at radius 3 is 2.24 bits per heavy atom. The summed E-state index contributed by atoms with van der Waals surface area (Å²) in [6.07, 6.45) is -5.84. The first-order valence-electron chi connectivity index (χ1n) is 5.33. The molecule has 0 aromatic carbocycles. The van der Waals surface area contributed by atoms with Gasteiger partial charge in [-0.2, -0.15) is 13.2 Å². The second-order valence-corrected chi connectivity index (χ2v) is 6.22. The highest BCUT2D eigenvalue weighted by Crippen LogP contribution is 2.21. The Bertz CT molecular complexity index is 315. The first-order chi connectivity index (χ1) is 7.53. The number of nitrogens with one attached hydrogen (secondary N) is 1. The van der Waals surface area contributed by atoms with Gasteiger partial charge in [0, 0.05) is 19.0 Å². The average molecular weight is 276 g/mol. The minimum atomic E-state index is -4.32. The fourth-order valence-electron chi connectivity index (χ4n) is 0.994. The molecule has 0 aliphatic rings. The molecule has 8 heteroatoms. The van der Waals surface area contributed by atoms with Crippen molar-refractivity contribution < 1.29 is 21.6 Å². The molecule has 0 aromatic heterocycles. The van der Waals surface area contributed by atoms with Gasteiger partial charge in [0.15, 0.2) is 0 Å². The van der Waals surface area contributed by atoms with Crippen molar-refractivity contribution in [2.45, 2.75) is 38.9 Å². The molecule has 0 aliphatic heterocycles. The van der Waals surface area contributed by atoms with E-state index in [1.54, 1.807) is 0 Å². The van der Waals surface area contributed by atoms with Crippen LogP contribution in [0, 0.1) is 5.92 Å². The van der Waals surface area contributed by atoms with Gasteiger partial charge in [0.25, 0.3) is 0 Å². The van der Waals surface area contributed by atoms with E-state index in [1.165, 1.54) is 0 Å². The number of hydrogen-bond donors (Lipinski definition) is 2. The minimum absolute atomic E-state index is 0.0476.